The van der Waals surface area contributed by atoms with Crippen LogP contribution in [-0.2, 0) is 4.79 Å². The minimum atomic E-state index is -0.522. The predicted molar refractivity (Wildman–Crippen MR) is 74.3 cm³/mol. The Balaban J connectivity index is 2.78. The van der Waals surface area contributed by atoms with E-state index in [2.05, 4.69) is 26.6 Å². The summed E-state index contributed by atoms with van der Waals surface area (Å²) in [4.78, 5) is 23.6. The Kier molecular flexibility index (Phi) is 5.34. The first-order valence-electron chi connectivity index (χ1n) is 5.73. The molecule has 98 valence electrons. The molecular weight excluding hydrogens is 296 g/mol. The maximum Gasteiger partial charge on any atom is 0.251 e. The van der Waals surface area contributed by atoms with Crippen molar-refractivity contribution < 1.29 is 9.59 Å². The molecule has 0 radical (unpaired) electrons. The minimum absolute atomic E-state index is 0.0318. The second-order valence-corrected chi connectivity index (χ2v) is 5.23. The Morgan fingerprint density at radius 3 is 2.17 bits per heavy atom. The van der Waals surface area contributed by atoms with E-state index in [0.717, 1.165) is 4.47 Å². The predicted octanol–water partition coefficient (Wildman–Crippen LogP) is 1.95. The lowest BCUT2D eigenvalue weighted by atomic mass is 10.0. The van der Waals surface area contributed by atoms with Crippen molar-refractivity contribution in [1.82, 2.24) is 10.6 Å². The van der Waals surface area contributed by atoms with Gasteiger partial charge in [-0.25, -0.2) is 0 Å². The van der Waals surface area contributed by atoms with Gasteiger partial charge in [-0.2, -0.15) is 0 Å². The SMILES string of the molecule is CNC(=O)[C@@H](NC(=O)c1ccc(Br)cc1)C(C)C. The number of likely N-dealkylation sites (N-methyl/N-ethyl adjacent to an activating group) is 1. The lowest BCUT2D eigenvalue weighted by Crippen LogP contribution is -2.48. The first-order chi connectivity index (χ1) is 8.45. The monoisotopic (exact) mass is 312 g/mol. The fourth-order valence-corrected chi connectivity index (χ4v) is 1.78. The average Bonchev–Trinajstić information content (AvgIpc) is 2.35. The molecule has 0 saturated carbocycles. The largest absolute Gasteiger partial charge is 0.357 e. The van der Waals surface area contributed by atoms with Crippen LogP contribution in [0.15, 0.2) is 28.7 Å². The number of benzene rings is 1. The van der Waals surface area contributed by atoms with Crippen LogP contribution in [0.25, 0.3) is 0 Å². The van der Waals surface area contributed by atoms with Crippen molar-refractivity contribution in [3.63, 3.8) is 0 Å². The second kappa shape index (κ2) is 6.54. The van der Waals surface area contributed by atoms with Crippen LogP contribution in [0.4, 0.5) is 0 Å². The number of carbonyl (C=O) groups is 2. The second-order valence-electron chi connectivity index (χ2n) is 4.32. The van der Waals surface area contributed by atoms with Crippen molar-refractivity contribution in [2.45, 2.75) is 19.9 Å². The summed E-state index contributed by atoms with van der Waals surface area (Å²) in [5.74, 6) is -0.399. The van der Waals surface area contributed by atoms with Crippen LogP contribution in [0.2, 0.25) is 0 Å². The number of hydrogen-bond donors (Lipinski definition) is 2. The van der Waals surface area contributed by atoms with Gasteiger partial charge in [0.25, 0.3) is 5.91 Å². The minimum Gasteiger partial charge on any atom is -0.357 e. The van der Waals surface area contributed by atoms with Crippen LogP contribution < -0.4 is 10.6 Å². The van der Waals surface area contributed by atoms with Crippen molar-refractivity contribution in [3.05, 3.63) is 34.3 Å². The van der Waals surface area contributed by atoms with Crippen LogP contribution >= 0.6 is 15.9 Å². The summed E-state index contributed by atoms with van der Waals surface area (Å²) in [6, 6.07) is 6.48. The van der Waals surface area contributed by atoms with Gasteiger partial charge in [0.1, 0.15) is 6.04 Å². The maximum atomic E-state index is 12.0. The molecule has 1 aromatic carbocycles. The van der Waals surface area contributed by atoms with Crippen molar-refractivity contribution in [2.75, 3.05) is 7.05 Å². The zero-order chi connectivity index (χ0) is 13.7. The molecule has 0 spiro atoms. The van der Waals surface area contributed by atoms with E-state index < -0.39 is 6.04 Å². The van der Waals surface area contributed by atoms with Gasteiger partial charge in [0, 0.05) is 17.1 Å². The number of amides is 2. The molecule has 4 nitrogen and oxygen atoms in total. The van der Waals surface area contributed by atoms with E-state index in [-0.39, 0.29) is 17.7 Å². The fraction of sp³-hybridized carbons (Fsp3) is 0.385. The van der Waals surface area contributed by atoms with E-state index in [1.165, 1.54) is 0 Å². The molecule has 0 saturated heterocycles. The zero-order valence-corrected chi connectivity index (χ0v) is 12.2. The summed E-state index contributed by atoms with van der Waals surface area (Å²) < 4.78 is 0.908. The number of hydrogen-bond acceptors (Lipinski definition) is 2. The van der Waals surface area contributed by atoms with Crippen molar-refractivity contribution in [1.29, 1.82) is 0 Å². The summed E-state index contributed by atoms with van der Waals surface area (Å²) in [7, 11) is 1.56. The Morgan fingerprint density at radius 1 is 1.17 bits per heavy atom. The Hall–Kier alpha value is -1.36. The molecule has 0 unspecified atom stereocenters. The van der Waals surface area contributed by atoms with Crippen LogP contribution in [0.5, 0.6) is 0 Å². The summed E-state index contributed by atoms with van der Waals surface area (Å²) in [5.41, 5.74) is 0.535. The summed E-state index contributed by atoms with van der Waals surface area (Å²) >= 11 is 3.31. The van der Waals surface area contributed by atoms with Gasteiger partial charge in [-0.1, -0.05) is 29.8 Å². The normalized spacial score (nSPS) is 12.1. The summed E-state index contributed by atoms with van der Waals surface area (Å²) in [6.45, 7) is 3.78. The first-order valence-corrected chi connectivity index (χ1v) is 6.53. The van der Waals surface area contributed by atoms with E-state index in [1.807, 2.05) is 13.8 Å². The third-order valence-electron chi connectivity index (χ3n) is 2.59. The van der Waals surface area contributed by atoms with Crippen LogP contribution in [-0.4, -0.2) is 24.9 Å². The highest BCUT2D eigenvalue weighted by Crippen LogP contribution is 2.11. The van der Waals surface area contributed by atoms with Crippen LogP contribution in [0.3, 0.4) is 0 Å². The molecule has 2 N–H and O–H groups in total. The lowest BCUT2D eigenvalue weighted by Gasteiger charge is -2.20. The molecule has 5 heteroatoms. The van der Waals surface area contributed by atoms with Gasteiger partial charge in [0.15, 0.2) is 0 Å². The number of nitrogens with one attached hydrogen (secondary N) is 2. The fourth-order valence-electron chi connectivity index (χ4n) is 1.52. The highest BCUT2D eigenvalue weighted by molar-refractivity contribution is 9.10. The molecular formula is C13H17BrN2O2. The van der Waals surface area contributed by atoms with Crippen LogP contribution in [0.1, 0.15) is 24.2 Å². The third-order valence-corrected chi connectivity index (χ3v) is 3.12. The van der Waals surface area contributed by atoms with E-state index in [9.17, 15) is 9.59 Å². The molecule has 0 aliphatic carbocycles. The molecule has 18 heavy (non-hydrogen) atoms. The molecule has 0 fully saturated rings. The zero-order valence-electron chi connectivity index (χ0n) is 10.7. The molecule has 0 aliphatic rings. The molecule has 0 aromatic heterocycles. The van der Waals surface area contributed by atoms with Crippen LogP contribution in [0, 0.1) is 5.92 Å². The highest BCUT2D eigenvalue weighted by Gasteiger charge is 2.23. The standard InChI is InChI=1S/C13H17BrN2O2/c1-8(2)11(13(18)15-3)16-12(17)9-4-6-10(14)7-5-9/h4-8,11H,1-3H3,(H,15,18)(H,16,17)/t11-/m0/s1. The van der Waals surface area contributed by atoms with Gasteiger partial charge < -0.3 is 10.6 Å². The first kappa shape index (κ1) is 14.7. The Bertz CT molecular complexity index is 429. The summed E-state index contributed by atoms with van der Waals surface area (Å²) in [5, 5.41) is 5.29. The summed E-state index contributed by atoms with van der Waals surface area (Å²) in [6.07, 6.45) is 0. The van der Waals surface area contributed by atoms with Gasteiger partial charge in [0.2, 0.25) is 5.91 Å². The van der Waals surface area contributed by atoms with Gasteiger partial charge in [-0.05, 0) is 30.2 Å². The van der Waals surface area contributed by atoms with E-state index in [1.54, 1.807) is 31.3 Å². The number of carbonyl (C=O) groups excluding carboxylic acids is 2. The average molecular weight is 313 g/mol. The Labute approximate surface area is 115 Å². The number of rotatable bonds is 4. The molecule has 1 aromatic rings. The topological polar surface area (TPSA) is 58.2 Å². The van der Waals surface area contributed by atoms with Crippen molar-refractivity contribution in [2.24, 2.45) is 5.92 Å². The van der Waals surface area contributed by atoms with Crippen molar-refractivity contribution in [3.8, 4) is 0 Å². The van der Waals surface area contributed by atoms with E-state index in [0.29, 0.717) is 5.56 Å². The van der Waals surface area contributed by atoms with E-state index >= 15 is 0 Å². The molecule has 0 aliphatic heterocycles. The Morgan fingerprint density at radius 2 is 1.72 bits per heavy atom. The number of halogens is 1. The maximum absolute atomic E-state index is 12.0. The molecule has 2 amide bonds. The highest BCUT2D eigenvalue weighted by atomic mass is 79.9. The van der Waals surface area contributed by atoms with Gasteiger partial charge in [-0.15, -0.1) is 0 Å². The van der Waals surface area contributed by atoms with Gasteiger partial charge in [-0.3, -0.25) is 9.59 Å². The van der Waals surface area contributed by atoms with Gasteiger partial charge >= 0.3 is 0 Å². The van der Waals surface area contributed by atoms with Gasteiger partial charge in [0.05, 0.1) is 0 Å². The van der Waals surface area contributed by atoms with E-state index in [4.69, 9.17) is 0 Å². The molecule has 1 atom stereocenters. The molecule has 0 bridgehead atoms. The molecule has 0 heterocycles. The third kappa shape index (κ3) is 3.84. The smallest absolute Gasteiger partial charge is 0.251 e. The van der Waals surface area contributed by atoms with Crippen molar-refractivity contribution >= 4 is 27.7 Å². The lowest BCUT2D eigenvalue weighted by molar-refractivity contribution is -0.123. The molecule has 1 rings (SSSR count). The quantitative estimate of drug-likeness (QED) is 0.892.